The van der Waals surface area contributed by atoms with Gasteiger partial charge in [-0.1, -0.05) is 0 Å². The van der Waals surface area contributed by atoms with Crippen molar-refractivity contribution in [2.24, 2.45) is 0 Å². The molecule has 0 amide bonds. The first-order chi connectivity index (χ1) is 13.4. The summed E-state index contributed by atoms with van der Waals surface area (Å²) >= 11 is -2.46. The van der Waals surface area contributed by atoms with Gasteiger partial charge in [0.05, 0.1) is 0 Å². The molecule has 4 rings (SSSR count). The second-order valence-corrected chi connectivity index (χ2v) is 22.4. The van der Waals surface area contributed by atoms with Gasteiger partial charge in [0.2, 0.25) is 0 Å². The van der Waals surface area contributed by atoms with E-state index < -0.39 is 18.4 Å². The maximum absolute atomic E-state index is 5.53. The van der Waals surface area contributed by atoms with Crippen molar-refractivity contribution in [1.82, 2.24) is 19.7 Å². The van der Waals surface area contributed by atoms with Crippen LogP contribution in [0.15, 0.2) is 24.5 Å². The van der Waals surface area contributed by atoms with Crippen molar-refractivity contribution in [3.05, 3.63) is 30.1 Å². The topological polar surface area (TPSA) is 74.1 Å². The van der Waals surface area contributed by atoms with Crippen LogP contribution in [0.4, 0.5) is 5.82 Å². The number of hydrogen-bond acceptors (Lipinski definition) is 6. The Labute approximate surface area is 169 Å². The second kappa shape index (κ2) is 7.42. The maximum atomic E-state index is 5.53. The fourth-order valence-electron chi connectivity index (χ4n) is 3.38. The third-order valence-electron chi connectivity index (χ3n) is 5.03. The molecule has 1 aliphatic rings. The summed E-state index contributed by atoms with van der Waals surface area (Å²) in [4.78, 5) is 16.3. The second-order valence-electron chi connectivity index (χ2n) is 8.23. The van der Waals surface area contributed by atoms with Crippen LogP contribution in [0.2, 0.25) is 14.8 Å². The summed E-state index contributed by atoms with van der Waals surface area (Å²) in [6.07, 6.45) is 4.01. The zero-order valence-electron chi connectivity index (χ0n) is 17.1. The molecule has 0 atom stereocenters. The average Bonchev–Trinajstić information content (AvgIpc) is 3.44. The van der Waals surface area contributed by atoms with Crippen molar-refractivity contribution in [2.45, 2.75) is 40.2 Å². The van der Waals surface area contributed by atoms with E-state index in [-0.39, 0.29) is 0 Å². The van der Waals surface area contributed by atoms with Gasteiger partial charge in [-0.05, 0) is 0 Å². The quantitative estimate of drug-likeness (QED) is 0.515. The number of benzene rings is 1. The molecular formula is C20H27N5O2Sn. The zero-order chi connectivity index (χ0) is 19.9. The molecule has 28 heavy (non-hydrogen) atoms. The van der Waals surface area contributed by atoms with E-state index in [2.05, 4.69) is 34.8 Å². The van der Waals surface area contributed by atoms with Gasteiger partial charge in [-0.3, -0.25) is 0 Å². The van der Waals surface area contributed by atoms with Crippen LogP contribution >= 0.6 is 0 Å². The first-order valence-electron chi connectivity index (χ1n) is 9.61. The fraction of sp³-hybridized carbons (Fsp3) is 0.450. The summed E-state index contributed by atoms with van der Waals surface area (Å²) < 4.78 is 14.2. The van der Waals surface area contributed by atoms with Gasteiger partial charge in [-0.15, -0.1) is 0 Å². The van der Waals surface area contributed by atoms with E-state index in [1.165, 1.54) is 16.6 Å². The molecule has 1 aliphatic carbocycles. The third kappa shape index (κ3) is 3.64. The molecule has 2 heterocycles. The summed E-state index contributed by atoms with van der Waals surface area (Å²) in [5, 5.41) is 9.63. The van der Waals surface area contributed by atoms with E-state index in [1.54, 1.807) is 20.5 Å². The molecule has 1 fully saturated rings. The van der Waals surface area contributed by atoms with Crippen LogP contribution in [-0.2, 0) is 6.54 Å². The first-order valence-corrected chi connectivity index (χ1v) is 19.6. The summed E-state index contributed by atoms with van der Waals surface area (Å²) in [5.74, 6) is 2.43. The number of nitrogens with one attached hydrogen (secondary N) is 1. The van der Waals surface area contributed by atoms with Gasteiger partial charge in [0.1, 0.15) is 0 Å². The molecular weight excluding hydrogens is 461 g/mol. The Morgan fingerprint density at radius 1 is 1.14 bits per heavy atom. The van der Waals surface area contributed by atoms with Crippen LogP contribution in [0, 0.1) is 0 Å². The van der Waals surface area contributed by atoms with Crippen molar-refractivity contribution < 1.29 is 9.47 Å². The third-order valence-corrected chi connectivity index (χ3v) is 10.1. The molecule has 0 spiro atoms. The predicted molar refractivity (Wildman–Crippen MR) is 113 cm³/mol. The van der Waals surface area contributed by atoms with Gasteiger partial charge < -0.3 is 0 Å². The molecule has 0 saturated heterocycles. The molecule has 3 aromatic rings. The van der Waals surface area contributed by atoms with Crippen LogP contribution in [0.3, 0.4) is 0 Å². The van der Waals surface area contributed by atoms with E-state index in [0.29, 0.717) is 12.6 Å². The van der Waals surface area contributed by atoms with Gasteiger partial charge in [0.15, 0.2) is 0 Å². The van der Waals surface area contributed by atoms with Gasteiger partial charge in [0.25, 0.3) is 0 Å². The number of ether oxygens (including phenoxy) is 2. The number of hydrogen-bond donors (Lipinski definition) is 1. The normalized spacial score (nSPS) is 14.3. The number of fused-ring (bicyclic) bond motifs is 1. The van der Waals surface area contributed by atoms with E-state index in [1.807, 2.05) is 18.2 Å². The summed E-state index contributed by atoms with van der Waals surface area (Å²) in [6, 6.07) is 6.35. The number of rotatable bonds is 7. The Kier molecular flexibility index (Phi) is 5.11. The number of methoxy groups -OCH3 is 2. The minimum atomic E-state index is -2.46. The molecule has 2 aromatic heterocycles. The van der Waals surface area contributed by atoms with Crippen LogP contribution in [0.1, 0.15) is 24.4 Å². The molecule has 7 nitrogen and oxygen atoms in total. The summed E-state index contributed by atoms with van der Waals surface area (Å²) in [6.45, 7) is 0.604. The van der Waals surface area contributed by atoms with Crippen molar-refractivity contribution in [1.29, 1.82) is 0 Å². The van der Waals surface area contributed by atoms with E-state index in [9.17, 15) is 0 Å². The van der Waals surface area contributed by atoms with Gasteiger partial charge in [-0.25, -0.2) is 0 Å². The molecule has 8 heteroatoms. The molecule has 1 aromatic carbocycles. The first kappa shape index (κ1) is 19.3. The number of aromatic nitrogens is 4. The zero-order valence-corrected chi connectivity index (χ0v) is 20.0. The van der Waals surface area contributed by atoms with Crippen LogP contribution in [0.25, 0.3) is 11.0 Å². The average molecular weight is 488 g/mol. The molecule has 148 valence electrons. The number of anilines is 1. The Bertz CT molecular complexity index is 1010. The van der Waals surface area contributed by atoms with E-state index in [4.69, 9.17) is 14.6 Å². The molecule has 1 saturated carbocycles. The van der Waals surface area contributed by atoms with Gasteiger partial charge in [-0.2, -0.15) is 0 Å². The minimum absolute atomic E-state index is 0.495. The number of nitrogens with zero attached hydrogens (tertiary/aromatic N) is 4. The van der Waals surface area contributed by atoms with Crippen molar-refractivity contribution >= 4 is 38.9 Å². The Hall–Kier alpha value is -2.03. The fourth-order valence-corrected chi connectivity index (χ4v) is 7.34. The Balaban J connectivity index is 1.71. The van der Waals surface area contributed by atoms with Crippen LogP contribution in [0.5, 0.6) is 11.5 Å². The van der Waals surface area contributed by atoms with Crippen LogP contribution in [-0.4, -0.2) is 52.3 Å². The Morgan fingerprint density at radius 3 is 2.57 bits per heavy atom. The van der Waals surface area contributed by atoms with Gasteiger partial charge >= 0.3 is 170 Å². The molecule has 0 radical (unpaired) electrons. The van der Waals surface area contributed by atoms with Crippen LogP contribution < -0.4 is 18.5 Å². The summed E-state index contributed by atoms with van der Waals surface area (Å²) in [5.41, 5.74) is 2.01. The van der Waals surface area contributed by atoms with E-state index in [0.717, 1.165) is 33.9 Å². The Morgan fingerprint density at radius 2 is 1.93 bits per heavy atom. The molecule has 0 unspecified atom stereocenters. The molecule has 0 aliphatic heterocycles. The standard InChI is InChI=1S/C17H18N5O2.3CH3.Sn/c1-23-13-6-3-11(15(7-13)24-2)8-18-16-14-9-21-22(12-4-5-12)17(14)20-10-19-16;;;;/h3,6-7,10,12H,4-5,8H2,1-2H3,(H,18,19,20);3*1H3;. The molecule has 0 bridgehead atoms. The van der Waals surface area contributed by atoms with E-state index >= 15 is 0 Å². The summed E-state index contributed by atoms with van der Waals surface area (Å²) in [7, 11) is 3.33. The predicted octanol–water partition coefficient (Wildman–Crippen LogP) is 3.34. The van der Waals surface area contributed by atoms with Crippen molar-refractivity contribution in [3.8, 4) is 11.5 Å². The van der Waals surface area contributed by atoms with Crippen molar-refractivity contribution in [2.75, 3.05) is 19.5 Å². The molecule has 1 N–H and O–H groups in total. The van der Waals surface area contributed by atoms with Gasteiger partial charge in [0, 0.05) is 0 Å². The monoisotopic (exact) mass is 489 g/mol. The SMILES string of the molecule is COc1ccc(CNc2ncnc3c2[c]([Sn]([CH3])([CH3])[CH3])nn3C2CC2)c(OC)c1. The van der Waals surface area contributed by atoms with Crippen molar-refractivity contribution in [3.63, 3.8) is 0 Å².